The Morgan fingerprint density at radius 2 is 1.95 bits per heavy atom. The van der Waals surface area contributed by atoms with Gasteiger partial charge in [0, 0.05) is 26.7 Å². The van der Waals surface area contributed by atoms with E-state index >= 15 is 0 Å². The lowest BCUT2D eigenvalue weighted by atomic mass is 10.0. The normalized spacial score (nSPS) is 17.4. The number of nitrogens with one attached hydrogen (secondary N) is 2. The van der Waals surface area contributed by atoms with Crippen molar-refractivity contribution < 1.29 is 4.74 Å². The summed E-state index contributed by atoms with van der Waals surface area (Å²) in [5, 5.41) is 6.76. The quantitative estimate of drug-likeness (QED) is 0.368. The van der Waals surface area contributed by atoms with Crippen molar-refractivity contribution >= 4 is 5.96 Å². The van der Waals surface area contributed by atoms with Gasteiger partial charge >= 0.3 is 0 Å². The molecule has 0 radical (unpaired) electrons. The Hall–Kier alpha value is -0.770. The summed E-state index contributed by atoms with van der Waals surface area (Å²) in [6, 6.07) is 0. The van der Waals surface area contributed by atoms with Crippen LogP contribution in [0.3, 0.4) is 0 Å². The molecular formula is C16H33N3O. The first-order valence-electron chi connectivity index (χ1n) is 8.23. The van der Waals surface area contributed by atoms with E-state index < -0.39 is 0 Å². The Bertz CT molecular complexity index is 275. The molecule has 20 heavy (non-hydrogen) atoms. The zero-order valence-electron chi connectivity index (χ0n) is 13.7. The van der Waals surface area contributed by atoms with Crippen LogP contribution in [0.5, 0.6) is 0 Å². The Labute approximate surface area is 124 Å². The maximum absolute atomic E-state index is 5.75. The third-order valence-corrected chi connectivity index (χ3v) is 3.85. The summed E-state index contributed by atoms with van der Waals surface area (Å²) in [7, 11) is 1.83. The average Bonchev–Trinajstić information content (AvgIpc) is 3.24. The summed E-state index contributed by atoms with van der Waals surface area (Å²) in [6.07, 6.45) is 6.86. The summed E-state index contributed by atoms with van der Waals surface area (Å²) in [5.74, 6) is 2.50. The molecule has 1 rings (SSSR count). The third kappa shape index (κ3) is 7.73. The van der Waals surface area contributed by atoms with E-state index in [1.54, 1.807) is 0 Å². The monoisotopic (exact) mass is 283 g/mol. The average molecular weight is 283 g/mol. The number of aliphatic imine (C=N–C) groups is 1. The zero-order chi connectivity index (χ0) is 14.8. The Morgan fingerprint density at radius 1 is 1.25 bits per heavy atom. The number of rotatable bonds is 10. The summed E-state index contributed by atoms with van der Waals surface area (Å²) in [6.45, 7) is 9.21. The molecule has 1 aliphatic rings. The molecule has 118 valence electrons. The van der Waals surface area contributed by atoms with E-state index in [2.05, 4.69) is 36.4 Å². The first kappa shape index (κ1) is 17.3. The van der Waals surface area contributed by atoms with Crippen molar-refractivity contribution in [2.45, 2.75) is 59.0 Å². The second-order valence-corrected chi connectivity index (χ2v) is 6.04. The highest BCUT2D eigenvalue weighted by Gasteiger charge is 2.20. The largest absolute Gasteiger partial charge is 0.378 e. The lowest BCUT2D eigenvalue weighted by Crippen LogP contribution is -2.39. The first-order valence-corrected chi connectivity index (χ1v) is 8.23. The molecule has 0 heterocycles. The van der Waals surface area contributed by atoms with Crippen LogP contribution in [0.4, 0.5) is 0 Å². The Balaban J connectivity index is 2.09. The van der Waals surface area contributed by atoms with Gasteiger partial charge in [0.15, 0.2) is 5.96 Å². The minimum Gasteiger partial charge on any atom is -0.378 e. The van der Waals surface area contributed by atoms with Gasteiger partial charge in [-0.3, -0.25) is 4.99 Å². The molecule has 0 saturated heterocycles. The molecule has 0 aromatic rings. The van der Waals surface area contributed by atoms with Gasteiger partial charge in [-0.1, -0.05) is 26.7 Å². The van der Waals surface area contributed by atoms with Gasteiger partial charge in [0.05, 0.1) is 6.10 Å². The van der Waals surface area contributed by atoms with E-state index in [0.29, 0.717) is 12.0 Å². The summed E-state index contributed by atoms with van der Waals surface area (Å²) >= 11 is 0. The fourth-order valence-electron chi connectivity index (χ4n) is 2.38. The number of hydrogen-bond donors (Lipinski definition) is 2. The molecule has 1 atom stereocenters. The van der Waals surface area contributed by atoms with E-state index in [0.717, 1.165) is 38.0 Å². The molecule has 1 saturated carbocycles. The second-order valence-electron chi connectivity index (χ2n) is 6.04. The number of nitrogens with zero attached hydrogens (tertiary/aromatic N) is 1. The van der Waals surface area contributed by atoms with Gasteiger partial charge in [0.2, 0.25) is 0 Å². The van der Waals surface area contributed by atoms with Crippen LogP contribution < -0.4 is 10.6 Å². The van der Waals surface area contributed by atoms with Crippen LogP contribution in [0.15, 0.2) is 4.99 Å². The van der Waals surface area contributed by atoms with Crippen molar-refractivity contribution in [3.05, 3.63) is 0 Å². The SMILES string of the molecule is CCOC(CCNC(=NC)NCCCC1CC1)C(C)C. The maximum atomic E-state index is 5.75. The van der Waals surface area contributed by atoms with E-state index in [1.165, 1.54) is 25.7 Å². The van der Waals surface area contributed by atoms with Crippen LogP contribution in [0.25, 0.3) is 0 Å². The van der Waals surface area contributed by atoms with Crippen LogP contribution in [-0.2, 0) is 4.74 Å². The van der Waals surface area contributed by atoms with E-state index in [4.69, 9.17) is 4.74 Å². The van der Waals surface area contributed by atoms with Gasteiger partial charge in [-0.25, -0.2) is 0 Å². The van der Waals surface area contributed by atoms with Crippen LogP contribution >= 0.6 is 0 Å². The van der Waals surface area contributed by atoms with Crippen LogP contribution in [-0.4, -0.2) is 38.8 Å². The number of hydrogen-bond acceptors (Lipinski definition) is 2. The maximum Gasteiger partial charge on any atom is 0.190 e. The van der Waals surface area contributed by atoms with E-state index in [1.807, 2.05) is 7.05 Å². The predicted octanol–water partition coefficient (Wildman–Crippen LogP) is 2.79. The Kier molecular flexibility index (Phi) is 8.67. The highest BCUT2D eigenvalue weighted by molar-refractivity contribution is 5.79. The molecule has 0 bridgehead atoms. The highest BCUT2D eigenvalue weighted by Crippen LogP contribution is 2.33. The first-order chi connectivity index (χ1) is 9.67. The van der Waals surface area contributed by atoms with Gasteiger partial charge < -0.3 is 15.4 Å². The summed E-state index contributed by atoms with van der Waals surface area (Å²) in [4.78, 5) is 4.26. The van der Waals surface area contributed by atoms with Gasteiger partial charge in [-0.2, -0.15) is 0 Å². The topological polar surface area (TPSA) is 45.6 Å². The molecule has 0 aliphatic heterocycles. The molecule has 4 heteroatoms. The van der Waals surface area contributed by atoms with Gasteiger partial charge in [-0.15, -0.1) is 0 Å². The van der Waals surface area contributed by atoms with Crippen molar-refractivity contribution in [1.82, 2.24) is 10.6 Å². The highest BCUT2D eigenvalue weighted by atomic mass is 16.5. The fraction of sp³-hybridized carbons (Fsp3) is 0.938. The lowest BCUT2D eigenvalue weighted by Gasteiger charge is -2.21. The molecule has 2 N–H and O–H groups in total. The predicted molar refractivity (Wildman–Crippen MR) is 86.2 cm³/mol. The zero-order valence-corrected chi connectivity index (χ0v) is 13.7. The summed E-state index contributed by atoms with van der Waals surface area (Å²) in [5.41, 5.74) is 0. The third-order valence-electron chi connectivity index (χ3n) is 3.85. The number of guanidine groups is 1. The number of ether oxygens (including phenoxy) is 1. The minimum atomic E-state index is 0.334. The molecule has 1 aliphatic carbocycles. The lowest BCUT2D eigenvalue weighted by molar-refractivity contribution is 0.0258. The second kappa shape index (κ2) is 10.0. The van der Waals surface area contributed by atoms with Crippen LogP contribution in [0, 0.1) is 11.8 Å². The van der Waals surface area contributed by atoms with Gasteiger partial charge in [-0.05, 0) is 38.0 Å². The smallest absolute Gasteiger partial charge is 0.190 e. The van der Waals surface area contributed by atoms with Crippen LogP contribution in [0.1, 0.15) is 52.9 Å². The standard InChI is InChI=1S/C16H33N3O/c1-5-20-15(13(2)3)10-12-19-16(17-4)18-11-6-7-14-8-9-14/h13-15H,5-12H2,1-4H3,(H2,17,18,19). The minimum absolute atomic E-state index is 0.334. The molecule has 0 aromatic heterocycles. The molecule has 0 aromatic carbocycles. The Morgan fingerprint density at radius 3 is 2.50 bits per heavy atom. The van der Waals surface area contributed by atoms with Crippen molar-refractivity contribution in [2.75, 3.05) is 26.7 Å². The van der Waals surface area contributed by atoms with E-state index in [-0.39, 0.29) is 0 Å². The molecule has 0 amide bonds. The van der Waals surface area contributed by atoms with Crippen molar-refractivity contribution in [3.63, 3.8) is 0 Å². The fourth-order valence-corrected chi connectivity index (χ4v) is 2.38. The molecule has 1 fully saturated rings. The van der Waals surface area contributed by atoms with Crippen LogP contribution in [0.2, 0.25) is 0 Å². The summed E-state index contributed by atoms with van der Waals surface area (Å²) < 4.78 is 5.75. The van der Waals surface area contributed by atoms with Crippen molar-refractivity contribution in [1.29, 1.82) is 0 Å². The van der Waals surface area contributed by atoms with Crippen molar-refractivity contribution in [2.24, 2.45) is 16.8 Å². The molecular weight excluding hydrogens is 250 g/mol. The molecule has 4 nitrogen and oxygen atoms in total. The van der Waals surface area contributed by atoms with Gasteiger partial charge in [0.25, 0.3) is 0 Å². The van der Waals surface area contributed by atoms with Crippen molar-refractivity contribution in [3.8, 4) is 0 Å². The molecule has 0 spiro atoms. The molecule has 1 unspecified atom stereocenters. The van der Waals surface area contributed by atoms with E-state index in [9.17, 15) is 0 Å². The van der Waals surface area contributed by atoms with Gasteiger partial charge in [0.1, 0.15) is 0 Å².